The number of esters is 2. The number of phosphoric acid groups is 2. The first-order valence-corrected chi connectivity index (χ1v) is 15.2. The molecule has 1 aliphatic heterocycles. The predicted molar refractivity (Wildman–Crippen MR) is 135 cm³/mol. The van der Waals surface area contributed by atoms with Gasteiger partial charge in [0.15, 0.2) is 12.4 Å². The highest BCUT2D eigenvalue weighted by Gasteiger charge is 2.51. The summed E-state index contributed by atoms with van der Waals surface area (Å²) in [4.78, 5) is 54.7. The van der Waals surface area contributed by atoms with E-state index in [0.29, 0.717) is 6.42 Å². The van der Waals surface area contributed by atoms with Crippen LogP contribution in [0.4, 0.5) is 0 Å². The normalized spacial score (nSPS) is 26.8. The lowest BCUT2D eigenvalue weighted by atomic mass is 9.96. The van der Waals surface area contributed by atoms with Gasteiger partial charge in [-0.25, -0.2) is 9.13 Å². The lowest BCUT2D eigenvalue weighted by Gasteiger charge is -2.43. The Morgan fingerprint density at radius 1 is 1.03 bits per heavy atom. The topological polar surface area (TPSA) is 213 Å². The number of amides is 1. The van der Waals surface area contributed by atoms with Crippen molar-refractivity contribution in [3.8, 4) is 0 Å². The first kappa shape index (κ1) is 35.4. The number of phosphoric ester groups is 2. The van der Waals surface area contributed by atoms with Crippen molar-refractivity contribution in [2.45, 2.75) is 91.4 Å². The van der Waals surface area contributed by atoms with E-state index in [1.807, 2.05) is 20.8 Å². The van der Waals surface area contributed by atoms with E-state index in [1.54, 1.807) is 0 Å². The number of rotatable bonds is 15. The summed E-state index contributed by atoms with van der Waals surface area (Å²) in [7, 11) is -10.6. The van der Waals surface area contributed by atoms with Crippen LogP contribution in [0.3, 0.4) is 0 Å². The molecule has 1 heterocycles. The summed E-state index contributed by atoms with van der Waals surface area (Å²) in [5.74, 6) is -2.22. The molecule has 0 aliphatic carbocycles. The Morgan fingerprint density at radius 3 is 2.21 bits per heavy atom. The average Bonchev–Trinajstić information content (AvgIpc) is 2.75. The van der Waals surface area contributed by atoms with E-state index in [9.17, 15) is 38.4 Å². The highest BCUT2D eigenvalue weighted by molar-refractivity contribution is 7.61. The molecule has 39 heavy (non-hydrogen) atoms. The molecule has 4 N–H and O–H groups in total. The third-order valence-electron chi connectivity index (χ3n) is 5.32. The fourth-order valence-corrected chi connectivity index (χ4v) is 5.71. The molecule has 226 valence electrons. The number of carbonyl (C=O) groups excluding carboxylic acids is 3. The SMILES string of the molecule is CC(=O)N[C@H]1[C@@H](OP(=O)(O)OP(=O)(O)OCCC(C)CCC=C(C)C)O[C@H](COC(C)=O)[C@H](OC(C)=O)[C@@H]1O. The number of allylic oxidation sites excluding steroid dienone is 2. The number of ether oxygens (including phenoxy) is 3. The molecule has 1 fully saturated rings. The predicted octanol–water partition coefficient (Wildman–Crippen LogP) is 2.09. The molecule has 17 heteroatoms. The Bertz CT molecular complexity index is 966. The Balaban J connectivity index is 2.95. The minimum Gasteiger partial charge on any atom is -0.463 e. The van der Waals surface area contributed by atoms with Gasteiger partial charge in [0.2, 0.25) is 5.91 Å². The van der Waals surface area contributed by atoms with Crippen LogP contribution in [-0.4, -0.2) is 76.6 Å². The molecule has 0 aromatic carbocycles. The average molecular weight is 603 g/mol. The van der Waals surface area contributed by atoms with E-state index >= 15 is 0 Å². The van der Waals surface area contributed by atoms with E-state index in [4.69, 9.17) is 23.3 Å². The Hall–Kier alpha value is -1.67. The third kappa shape index (κ3) is 14.0. The van der Waals surface area contributed by atoms with E-state index in [2.05, 4.69) is 15.7 Å². The second-order valence-electron chi connectivity index (χ2n) is 9.35. The zero-order chi connectivity index (χ0) is 30.0. The Labute approximate surface area is 227 Å². The maximum Gasteiger partial charge on any atom is 0.483 e. The van der Waals surface area contributed by atoms with Crippen LogP contribution in [0.1, 0.15) is 60.8 Å². The maximum atomic E-state index is 12.6. The maximum absolute atomic E-state index is 12.6. The molecule has 1 aliphatic rings. The first-order valence-electron chi connectivity index (χ1n) is 12.2. The molecule has 0 aromatic rings. The Kier molecular flexibility index (Phi) is 14.5. The van der Waals surface area contributed by atoms with Gasteiger partial charge in [0, 0.05) is 20.8 Å². The number of nitrogens with one attached hydrogen (secondary N) is 1. The summed E-state index contributed by atoms with van der Waals surface area (Å²) < 4.78 is 54.3. The van der Waals surface area contributed by atoms with Gasteiger partial charge < -0.3 is 34.4 Å². The molecule has 1 rings (SSSR count). The van der Waals surface area contributed by atoms with Crippen molar-refractivity contribution in [2.75, 3.05) is 13.2 Å². The van der Waals surface area contributed by atoms with E-state index in [-0.39, 0.29) is 12.5 Å². The summed E-state index contributed by atoms with van der Waals surface area (Å²) in [5.41, 5.74) is 1.17. The molecule has 0 radical (unpaired) electrons. The smallest absolute Gasteiger partial charge is 0.463 e. The van der Waals surface area contributed by atoms with Crippen LogP contribution >= 0.6 is 15.6 Å². The number of carbonyl (C=O) groups is 3. The van der Waals surface area contributed by atoms with Gasteiger partial charge in [0.25, 0.3) is 0 Å². The fraction of sp³-hybridized carbons (Fsp3) is 0.773. The van der Waals surface area contributed by atoms with Crippen molar-refractivity contribution in [3.63, 3.8) is 0 Å². The van der Waals surface area contributed by atoms with Crippen molar-refractivity contribution in [3.05, 3.63) is 11.6 Å². The highest BCUT2D eigenvalue weighted by Crippen LogP contribution is 2.61. The van der Waals surface area contributed by atoms with Gasteiger partial charge >= 0.3 is 27.6 Å². The molecule has 0 aromatic heterocycles. The van der Waals surface area contributed by atoms with Gasteiger partial charge in [0.05, 0.1) is 6.61 Å². The second-order valence-corrected chi connectivity index (χ2v) is 12.3. The van der Waals surface area contributed by atoms with Crippen molar-refractivity contribution in [2.24, 2.45) is 5.92 Å². The van der Waals surface area contributed by atoms with E-state index in [0.717, 1.165) is 33.6 Å². The van der Waals surface area contributed by atoms with Crippen molar-refractivity contribution in [1.29, 1.82) is 0 Å². The van der Waals surface area contributed by atoms with E-state index < -0.39 is 70.7 Å². The molecular weight excluding hydrogens is 564 g/mol. The van der Waals surface area contributed by atoms with Crippen molar-refractivity contribution < 1.29 is 66.0 Å². The van der Waals surface area contributed by atoms with Crippen LogP contribution in [0.25, 0.3) is 0 Å². The molecule has 15 nitrogen and oxygen atoms in total. The lowest BCUT2D eigenvalue weighted by Crippen LogP contribution is -2.65. The molecule has 0 saturated carbocycles. The molecule has 0 spiro atoms. The van der Waals surface area contributed by atoms with Crippen molar-refractivity contribution >= 4 is 33.5 Å². The standard InChI is InChI=1S/C22H39NO14P2/c1-13(2)8-7-9-14(3)10-11-33-38(28,29)37-39(30,31)36-22-19(23-15(4)24)20(27)21(34-17(6)26)18(35-22)12-32-16(5)25/h8,14,18-22,27H,7,9-12H2,1-6H3,(H,23,24)(H,28,29)(H,30,31)/t14?,18-,19-,20-,21+,22-/m1/s1. The van der Waals surface area contributed by atoms with Gasteiger partial charge in [-0.3, -0.25) is 23.4 Å². The Morgan fingerprint density at radius 2 is 1.67 bits per heavy atom. The number of hydrogen-bond acceptors (Lipinski definition) is 12. The fourth-order valence-electron chi connectivity index (χ4n) is 3.54. The van der Waals surface area contributed by atoms with Gasteiger partial charge in [-0.05, 0) is 39.0 Å². The molecule has 1 saturated heterocycles. The van der Waals surface area contributed by atoms with Gasteiger partial charge in [0.1, 0.15) is 24.9 Å². The van der Waals surface area contributed by atoms with Gasteiger partial charge in [-0.1, -0.05) is 18.6 Å². The quantitative estimate of drug-likeness (QED) is 0.120. The molecule has 1 amide bonds. The molecular formula is C22H39NO14P2. The molecule has 0 bridgehead atoms. The summed E-state index contributed by atoms with van der Waals surface area (Å²) in [6.07, 6.45) is -2.67. The van der Waals surface area contributed by atoms with Crippen LogP contribution in [-0.2, 0) is 51.1 Å². The van der Waals surface area contributed by atoms with Crippen LogP contribution in [0, 0.1) is 5.92 Å². The number of hydrogen-bond donors (Lipinski definition) is 4. The molecule has 3 unspecified atom stereocenters. The zero-order valence-electron chi connectivity index (χ0n) is 22.8. The minimum atomic E-state index is -5.44. The van der Waals surface area contributed by atoms with Crippen LogP contribution in [0.15, 0.2) is 11.6 Å². The number of aliphatic hydroxyl groups is 1. The van der Waals surface area contributed by atoms with Crippen LogP contribution < -0.4 is 5.32 Å². The molecule has 8 atom stereocenters. The van der Waals surface area contributed by atoms with Gasteiger partial charge in [-0.15, -0.1) is 0 Å². The minimum absolute atomic E-state index is 0.118. The van der Waals surface area contributed by atoms with Crippen molar-refractivity contribution in [1.82, 2.24) is 5.32 Å². The second kappa shape index (κ2) is 15.9. The first-order chi connectivity index (χ1) is 17.9. The van der Waals surface area contributed by atoms with Crippen LogP contribution in [0.2, 0.25) is 0 Å². The monoisotopic (exact) mass is 603 g/mol. The summed E-state index contributed by atoms with van der Waals surface area (Å²) in [5, 5.41) is 13.0. The van der Waals surface area contributed by atoms with E-state index in [1.165, 1.54) is 5.57 Å². The summed E-state index contributed by atoms with van der Waals surface area (Å²) >= 11 is 0. The number of aliphatic hydroxyl groups excluding tert-OH is 1. The largest absolute Gasteiger partial charge is 0.483 e. The third-order valence-corrected chi connectivity index (χ3v) is 7.95. The van der Waals surface area contributed by atoms with Gasteiger partial charge in [-0.2, -0.15) is 4.31 Å². The summed E-state index contributed by atoms with van der Waals surface area (Å²) in [6.45, 7) is 8.18. The highest BCUT2D eigenvalue weighted by atomic mass is 31.3. The zero-order valence-corrected chi connectivity index (χ0v) is 24.6. The van der Waals surface area contributed by atoms with Crippen LogP contribution in [0.5, 0.6) is 0 Å². The summed E-state index contributed by atoms with van der Waals surface area (Å²) in [6, 6.07) is -1.62. The lowest BCUT2D eigenvalue weighted by molar-refractivity contribution is -0.255.